The number of nitrogens with two attached hydrogens (primary N) is 1. The first kappa shape index (κ1) is 15.8. The number of para-hydroxylation sites is 1. The molecule has 0 bridgehead atoms. The van der Waals surface area contributed by atoms with Crippen molar-refractivity contribution in [2.75, 3.05) is 0 Å². The Morgan fingerprint density at radius 1 is 1.33 bits per heavy atom. The summed E-state index contributed by atoms with van der Waals surface area (Å²) in [5, 5.41) is 12.7. The molecule has 0 aliphatic heterocycles. The predicted octanol–water partition coefficient (Wildman–Crippen LogP) is 2.29. The minimum Gasteiger partial charge on any atom is -0.508 e. The first-order valence-electron chi connectivity index (χ1n) is 7.43. The van der Waals surface area contributed by atoms with Crippen molar-refractivity contribution < 1.29 is 9.90 Å². The summed E-state index contributed by atoms with van der Waals surface area (Å²) in [5.74, 6) is 0.321. The molecule has 1 aromatic carbocycles. The lowest BCUT2D eigenvalue weighted by molar-refractivity contribution is -0.121. The van der Waals surface area contributed by atoms with Crippen LogP contribution in [0.1, 0.15) is 37.7 Å². The molecule has 0 saturated heterocycles. The van der Waals surface area contributed by atoms with Crippen LogP contribution in [0.3, 0.4) is 0 Å². The predicted molar refractivity (Wildman–Crippen MR) is 87.1 cm³/mol. The molecule has 1 amide bonds. The van der Waals surface area contributed by atoms with E-state index in [0.29, 0.717) is 16.5 Å². The summed E-state index contributed by atoms with van der Waals surface area (Å²) in [6.45, 7) is 0. The summed E-state index contributed by atoms with van der Waals surface area (Å²) in [6, 6.07) is 6.62. The van der Waals surface area contributed by atoms with Crippen LogP contribution in [0.4, 0.5) is 0 Å². The molecule has 1 saturated carbocycles. The summed E-state index contributed by atoms with van der Waals surface area (Å²) in [4.78, 5) is 12.5. The fourth-order valence-corrected chi connectivity index (χ4v) is 3.20. The maximum atomic E-state index is 12.2. The molecular weight excluding hydrogens is 284 g/mol. The molecule has 0 heterocycles. The van der Waals surface area contributed by atoms with Gasteiger partial charge in [-0.25, -0.2) is 0 Å². The van der Waals surface area contributed by atoms with E-state index < -0.39 is 0 Å². The average Bonchev–Trinajstić information content (AvgIpc) is 2.48. The zero-order valence-electron chi connectivity index (χ0n) is 12.0. The minimum absolute atomic E-state index is 0.136. The maximum absolute atomic E-state index is 12.2. The van der Waals surface area contributed by atoms with Crippen molar-refractivity contribution in [2.24, 2.45) is 11.7 Å². The third kappa shape index (κ3) is 4.43. The van der Waals surface area contributed by atoms with Gasteiger partial charge in [-0.05, 0) is 24.8 Å². The van der Waals surface area contributed by atoms with E-state index in [-0.39, 0.29) is 24.1 Å². The number of nitrogens with one attached hydrogen (secondary N) is 1. The molecule has 2 rings (SSSR count). The number of phenols is 1. The number of carbonyl (C=O) groups is 1. The highest BCUT2D eigenvalue weighted by atomic mass is 32.1. The third-order valence-corrected chi connectivity index (χ3v) is 4.34. The van der Waals surface area contributed by atoms with Gasteiger partial charge in [-0.2, -0.15) is 0 Å². The van der Waals surface area contributed by atoms with Crippen molar-refractivity contribution in [1.82, 2.24) is 5.32 Å². The Bertz CT molecular complexity index is 513. The molecule has 1 aliphatic rings. The highest BCUT2D eigenvalue weighted by Crippen LogP contribution is 2.27. The first-order chi connectivity index (χ1) is 10.1. The SMILES string of the molecule is NC(=S)C(NC(=O)Cc1ccccc1O)C1CCCCC1. The van der Waals surface area contributed by atoms with Gasteiger partial charge in [0.2, 0.25) is 5.91 Å². The minimum atomic E-state index is -0.237. The van der Waals surface area contributed by atoms with Crippen LogP contribution >= 0.6 is 12.2 Å². The number of benzene rings is 1. The average molecular weight is 306 g/mol. The quantitative estimate of drug-likeness (QED) is 0.730. The summed E-state index contributed by atoms with van der Waals surface area (Å²) in [7, 11) is 0. The van der Waals surface area contributed by atoms with E-state index in [2.05, 4.69) is 5.32 Å². The number of carbonyl (C=O) groups excluding carboxylic acids is 1. The summed E-state index contributed by atoms with van der Waals surface area (Å²) < 4.78 is 0. The third-order valence-electron chi connectivity index (χ3n) is 4.09. The van der Waals surface area contributed by atoms with E-state index in [1.807, 2.05) is 0 Å². The van der Waals surface area contributed by atoms with Gasteiger partial charge in [0.15, 0.2) is 0 Å². The number of aromatic hydroxyl groups is 1. The Morgan fingerprint density at radius 2 is 2.00 bits per heavy atom. The maximum Gasteiger partial charge on any atom is 0.225 e. The topological polar surface area (TPSA) is 75.3 Å². The normalized spacial score (nSPS) is 17.1. The van der Waals surface area contributed by atoms with Crippen LogP contribution in [0.5, 0.6) is 5.75 Å². The van der Waals surface area contributed by atoms with Crippen LogP contribution in [0.2, 0.25) is 0 Å². The van der Waals surface area contributed by atoms with Gasteiger partial charge in [0.25, 0.3) is 0 Å². The van der Waals surface area contributed by atoms with Crippen LogP contribution in [-0.2, 0) is 11.2 Å². The van der Waals surface area contributed by atoms with Crippen molar-refractivity contribution in [3.8, 4) is 5.75 Å². The van der Waals surface area contributed by atoms with E-state index in [0.717, 1.165) is 12.8 Å². The number of amides is 1. The zero-order chi connectivity index (χ0) is 15.2. The fraction of sp³-hybridized carbons (Fsp3) is 0.500. The lowest BCUT2D eigenvalue weighted by Crippen LogP contribution is -2.49. The van der Waals surface area contributed by atoms with Crippen LogP contribution in [0, 0.1) is 5.92 Å². The highest BCUT2D eigenvalue weighted by Gasteiger charge is 2.27. The van der Waals surface area contributed by atoms with Crippen LogP contribution in [-0.4, -0.2) is 22.0 Å². The van der Waals surface area contributed by atoms with E-state index in [1.54, 1.807) is 24.3 Å². The number of phenolic OH excluding ortho intramolecular Hbond substituents is 1. The molecule has 4 N–H and O–H groups in total. The van der Waals surface area contributed by atoms with E-state index in [9.17, 15) is 9.90 Å². The van der Waals surface area contributed by atoms with Gasteiger partial charge < -0.3 is 16.2 Å². The number of rotatable bonds is 5. The molecule has 5 heteroatoms. The lowest BCUT2D eigenvalue weighted by atomic mass is 9.83. The van der Waals surface area contributed by atoms with Gasteiger partial charge in [0, 0.05) is 5.56 Å². The molecular formula is C16H22N2O2S. The number of hydrogen-bond donors (Lipinski definition) is 3. The molecule has 0 spiro atoms. The molecule has 0 aromatic heterocycles. The van der Waals surface area contributed by atoms with Gasteiger partial charge >= 0.3 is 0 Å². The Balaban J connectivity index is 1.98. The second kappa shape index (κ2) is 7.41. The standard InChI is InChI=1S/C16H22N2O2S/c17-16(21)15(11-6-2-1-3-7-11)18-14(20)10-12-8-4-5-9-13(12)19/h4-5,8-9,11,15,19H,1-3,6-7,10H2,(H2,17,21)(H,18,20). The largest absolute Gasteiger partial charge is 0.508 e. The van der Waals surface area contributed by atoms with Gasteiger partial charge in [-0.15, -0.1) is 0 Å². The molecule has 1 fully saturated rings. The Kier molecular flexibility index (Phi) is 5.56. The highest BCUT2D eigenvalue weighted by molar-refractivity contribution is 7.80. The number of hydrogen-bond acceptors (Lipinski definition) is 3. The van der Waals surface area contributed by atoms with Crippen LogP contribution < -0.4 is 11.1 Å². The van der Waals surface area contributed by atoms with Crippen molar-refractivity contribution >= 4 is 23.1 Å². The van der Waals surface area contributed by atoms with Crippen LogP contribution in [0.15, 0.2) is 24.3 Å². The van der Waals surface area contributed by atoms with Gasteiger partial charge in [0.1, 0.15) is 5.75 Å². The van der Waals surface area contributed by atoms with Crippen molar-refractivity contribution in [1.29, 1.82) is 0 Å². The summed E-state index contributed by atoms with van der Waals surface area (Å²) in [5.41, 5.74) is 6.42. The summed E-state index contributed by atoms with van der Waals surface area (Å²) >= 11 is 5.12. The van der Waals surface area contributed by atoms with E-state index in [4.69, 9.17) is 18.0 Å². The molecule has 1 unspecified atom stereocenters. The molecule has 114 valence electrons. The van der Waals surface area contributed by atoms with Gasteiger partial charge in [0.05, 0.1) is 17.5 Å². The van der Waals surface area contributed by atoms with E-state index >= 15 is 0 Å². The Labute approximate surface area is 130 Å². The van der Waals surface area contributed by atoms with Gasteiger partial charge in [-0.3, -0.25) is 4.79 Å². The van der Waals surface area contributed by atoms with Gasteiger partial charge in [-0.1, -0.05) is 49.7 Å². The zero-order valence-corrected chi connectivity index (χ0v) is 12.9. The number of thiocarbonyl (C=S) groups is 1. The smallest absolute Gasteiger partial charge is 0.225 e. The molecule has 1 aliphatic carbocycles. The second-order valence-corrected chi connectivity index (χ2v) is 6.12. The summed E-state index contributed by atoms with van der Waals surface area (Å²) in [6.07, 6.45) is 5.82. The molecule has 1 atom stereocenters. The molecule has 4 nitrogen and oxygen atoms in total. The monoisotopic (exact) mass is 306 g/mol. The molecule has 0 radical (unpaired) electrons. The van der Waals surface area contributed by atoms with Crippen molar-refractivity contribution in [3.63, 3.8) is 0 Å². The van der Waals surface area contributed by atoms with Crippen molar-refractivity contribution in [2.45, 2.75) is 44.6 Å². The van der Waals surface area contributed by atoms with E-state index in [1.165, 1.54) is 19.3 Å². The molecule has 21 heavy (non-hydrogen) atoms. The lowest BCUT2D eigenvalue weighted by Gasteiger charge is -2.30. The van der Waals surface area contributed by atoms with Crippen LogP contribution in [0.25, 0.3) is 0 Å². The molecule has 1 aromatic rings. The Hall–Kier alpha value is -1.62. The first-order valence-corrected chi connectivity index (χ1v) is 7.84. The fourth-order valence-electron chi connectivity index (χ4n) is 2.95. The van der Waals surface area contributed by atoms with Crippen molar-refractivity contribution in [3.05, 3.63) is 29.8 Å². The Morgan fingerprint density at radius 3 is 2.62 bits per heavy atom. The second-order valence-electron chi connectivity index (χ2n) is 5.65.